The number of carbonyl (C=O) groups excluding carboxylic acids is 1. The van der Waals surface area contributed by atoms with Crippen LogP contribution in [-0.4, -0.2) is 21.6 Å². The molecular weight excluding hydrogens is 405 g/mol. The highest BCUT2D eigenvalue weighted by Gasteiger charge is 2.12. The third kappa shape index (κ3) is 5.67. The Morgan fingerprint density at radius 2 is 2.03 bits per heavy atom. The lowest BCUT2D eigenvalue weighted by Crippen LogP contribution is -2.36. The van der Waals surface area contributed by atoms with Crippen LogP contribution in [0.2, 0.25) is 5.02 Å². The number of hydrogen-bond donors (Lipinski definition) is 2. The summed E-state index contributed by atoms with van der Waals surface area (Å²) in [4.78, 5) is 17.1. The van der Waals surface area contributed by atoms with Gasteiger partial charge in [0.05, 0.1) is 17.9 Å². The molecule has 3 aromatic rings. The van der Waals surface area contributed by atoms with Gasteiger partial charge in [0, 0.05) is 28.9 Å². The molecule has 1 aromatic heterocycles. The minimum Gasteiger partial charge on any atom is -0.323 e. The van der Waals surface area contributed by atoms with E-state index in [1.165, 1.54) is 6.07 Å². The third-order valence-electron chi connectivity index (χ3n) is 4.35. The summed E-state index contributed by atoms with van der Waals surface area (Å²) in [6.07, 6.45) is 2.90. The Morgan fingerprint density at radius 1 is 1.23 bits per heavy atom. The smallest absolute Gasteiger partial charge is 0.258 e. The molecule has 8 heteroatoms. The fourth-order valence-corrected chi connectivity index (χ4v) is 3.02. The molecule has 156 valence electrons. The van der Waals surface area contributed by atoms with Crippen LogP contribution < -0.4 is 10.6 Å². The molecule has 0 unspecified atom stereocenters. The maximum absolute atomic E-state index is 14.1. The number of nitrogens with one attached hydrogen (secondary N) is 2. The summed E-state index contributed by atoms with van der Waals surface area (Å²) < 4.78 is 16.0. The maximum atomic E-state index is 14.1. The average molecular weight is 428 g/mol. The van der Waals surface area contributed by atoms with Gasteiger partial charge >= 0.3 is 0 Å². The Balaban J connectivity index is 1.84. The Kier molecular flexibility index (Phi) is 7.19. The van der Waals surface area contributed by atoms with Gasteiger partial charge < -0.3 is 5.32 Å². The monoisotopic (exact) mass is 427 g/mol. The zero-order valence-corrected chi connectivity index (χ0v) is 17.6. The second kappa shape index (κ2) is 10.0. The lowest BCUT2D eigenvalue weighted by Gasteiger charge is -2.12. The molecule has 0 aliphatic carbocycles. The van der Waals surface area contributed by atoms with Crippen LogP contribution in [0.15, 0.2) is 59.7 Å². The highest BCUT2D eigenvalue weighted by molar-refractivity contribution is 6.31. The number of para-hydroxylation sites is 1. The summed E-state index contributed by atoms with van der Waals surface area (Å²) in [5, 5.41) is 10.5. The number of carbonyl (C=O) groups is 1. The number of guanidine groups is 1. The fraction of sp³-hybridized carbons (Fsp3) is 0.227. The first-order valence-corrected chi connectivity index (χ1v) is 10.00. The number of amides is 1. The number of aliphatic imine (C=N–C) groups is 1. The van der Waals surface area contributed by atoms with Gasteiger partial charge in [-0.15, -0.1) is 0 Å². The molecule has 0 atom stereocenters. The first-order chi connectivity index (χ1) is 14.5. The molecular formula is C22H23ClFN5O. The molecule has 0 fully saturated rings. The van der Waals surface area contributed by atoms with E-state index in [1.54, 1.807) is 42.5 Å². The van der Waals surface area contributed by atoms with Crippen LogP contribution in [0.3, 0.4) is 0 Å². The van der Waals surface area contributed by atoms with Gasteiger partial charge in [0.25, 0.3) is 5.91 Å². The average Bonchev–Trinajstić information content (AvgIpc) is 3.07. The van der Waals surface area contributed by atoms with E-state index in [0.717, 1.165) is 24.2 Å². The van der Waals surface area contributed by atoms with Crippen LogP contribution in [0.5, 0.6) is 0 Å². The number of halogens is 2. The number of hydrogen-bond acceptors (Lipinski definition) is 3. The van der Waals surface area contributed by atoms with Crippen LogP contribution in [0.1, 0.15) is 35.0 Å². The van der Waals surface area contributed by atoms with E-state index < -0.39 is 11.7 Å². The van der Waals surface area contributed by atoms with Crippen molar-refractivity contribution in [3.05, 3.63) is 82.4 Å². The van der Waals surface area contributed by atoms with Gasteiger partial charge in [-0.25, -0.2) is 9.38 Å². The minimum absolute atomic E-state index is 0.132. The maximum Gasteiger partial charge on any atom is 0.258 e. The van der Waals surface area contributed by atoms with Crippen LogP contribution >= 0.6 is 11.6 Å². The lowest BCUT2D eigenvalue weighted by molar-refractivity contribution is 0.0977. The molecule has 3 rings (SSSR count). The van der Waals surface area contributed by atoms with E-state index in [4.69, 9.17) is 11.6 Å². The highest BCUT2D eigenvalue weighted by atomic mass is 35.5. The van der Waals surface area contributed by atoms with E-state index >= 15 is 0 Å². The number of aryl methyl sites for hydroxylation is 2. The molecule has 0 aliphatic rings. The largest absolute Gasteiger partial charge is 0.323 e. The summed E-state index contributed by atoms with van der Waals surface area (Å²) >= 11 is 5.98. The molecule has 1 amide bonds. The molecule has 0 bridgehead atoms. The molecule has 30 heavy (non-hydrogen) atoms. The van der Waals surface area contributed by atoms with Crippen LogP contribution in [0.4, 0.5) is 10.1 Å². The summed E-state index contributed by atoms with van der Waals surface area (Å²) in [7, 11) is 0. The van der Waals surface area contributed by atoms with Crippen molar-refractivity contribution >= 4 is 29.2 Å². The standard InChI is InChI=1S/C22H23ClFN5O/c1-3-11-29-14-17(15(2)28-29)13-25-22(26-20-10-5-4-9-19(20)24)27-21(30)16-7-6-8-18(23)12-16/h4-10,12,14H,3,11,13H2,1-2H3,(H2,25,26,27,30). The van der Waals surface area contributed by atoms with Crippen molar-refractivity contribution in [2.24, 2.45) is 4.99 Å². The highest BCUT2D eigenvalue weighted by Crippen LogP contribution is 2.14. The van der Waals surface area contributed by atoms with Gasteiger partial charge in [-0.2, -0.15) is 5.10 Å². The topological polar surface area (TPSA) is 71.3 Å². The molecule has 6 nitrogen and oxygen atoms in total. The number of benzene rings is 2. The molecule has 0 saturated heterocycles. The van der Waals surface area contributed by atoms with Gasteiger partial charge in [-0.05, 0) is 43.7 Å². The van der Waals surface area contributed by atoms with Crippen molar-refractivity contribution in [3.8, 4) is 0 Å². The lowest BCUT2D eigenvalue weighted by atomic mass is 10.2. The Labute approximate surface area is 179 Å². The summed E-state index contributed by atoms with van der Waals surface area (Å²) in [6, 6.07) is 12.7. The van der Waals surface area contributed by atoms with Crippen molar-refractivity contribution in [2.75, 3.05) is 5.32 Å². The zero-order chi connectivity index (χ0) is 21.5. The van der Waals surface area contributed by atoms with E-state index in [1.807, 2.05) is 17.8 Å². The van der Waals surface area contributed by atoms with Gasteiger partial charge in [0.15, 0.2) is 0 Å². The molecule has 2 aromatic carbocycles. The van der Waals surface area contributed by atoms with E-state index in [9.17, 15) is 9.18 Å². The molecule has 2 N–H and O–H groups in total. The second-order valence-corrected chi connectivity index (χ2v) is 7.17. The van der Waals surface area contributed by atoms with Crippen molar-refractivity contribution in [1.29, 1.82) is 0 Å². The van der Waals surface area contributed by atoms with Gasteiger partial charge in [-0.3, -0.25) is 14.8 Å². The number of anilines is 1. The molecule has 0 saturated carbocycles. The summed E-state index contributed by atoms with van der Waals surface area (Å²) in [5.74, 6) is -0.722. The van der Waals surface area contributed by atoms with E-state index in [-0.39, 0.29) is 18.2 Å². The van der Waals surface area contributed by atoms with Crippen LogP contribution in [-0.2, 0) is 13.1 Å². The molecule has 0 aliphatic heterocycles. The molecule has 0 radical (unpaired) electrons. The Bertz CT molecular complexity index is 1060. The van der Waals surface area contributed by atoms with Gasteiger partial charge in [0.1, 0.15) is 5.82 Å². The van der Waals surface area contributed by atoms with E-state index in [2.05, 4.69) is 27.6 Å². The zero-order valence-electron chi connectivity index (χ0n) is 16.8. The second-order valence-electron chi connectivity index (χ2n) is 6.74. The summed E-state index contributed by atoms with van der Waals surface area (Å²) in [6.45, 7) is 5.08. The van der Waals surface area contributed by atoms with Crippen molar-refractivity contribution in [1.82, 2.24) is 15.1 Å². The predicted octanol–water partition coefficient (Wildman–Crippen LogP) is 4.79. The Hall–Kier alpha value is -3.19. The van der Waals surface area contributed by atoms with Crippen molar-refractivity contribution in [2.45, 2.75) is 33.4 Å². The third-order valence-corrected chi connectivity index (χ3v) is 4.59. The SMILES string of the molecule is CCCn1cc(CN=C(NC(=O)c2cccc(Cl)c2)Nc2ccccc2F)c(C)n1. The fourth-order valence-electron chi connectivity index (χ4n) is 2.83. The van der Waals surface area contributed by atoms with Crippen molar-refractivity contribution < 1.29 is 9.18 Å². The minimum atomic E-state index is -0.450. The first-order valence-electron chi connectivity index (χ1n) is 9.62. The van der Waals surface area contributed by atoms with Gasteiger partial charge in [-0.1, -0.05) is 36.7 Å². The normalized spacial score (nSPS) is 11.4. The quantitative estimate of drug-likeness (QED) is 0.438. The number of aromatic nitrogens is 2. The van der Waals surface area contributed by atoms with Crippen LogP contribution in [0, 0.1) is 12.7 Å². The summed E-state index contributed by atoms with van der Waals surface area (Å²) in [5.41, 5.74) is 2.37. The van der Waals surface area contributed by atoms with Crippen LogP contribution in [0.25, 0.3) is 0 Å². The van der Waals surface area contributed by atoms with E-state index in [0.29, 0.717) is 10.6 Å². The van der Waals surface area contributed by atoms with Crippen molar-refractivity contribution in [3.63, 3.8) is 0 Å². The number of rotatable bonds is 6. The predicted molar refractivity (Wildman–Crippen MR) is 117 cm³/mol. The molecule has 1 heterocycles. The van der Waals surface area contributed by atoms with Gasteiger partial charge in [0.2, 0.25) is 5.96 Å². The number of nitrogens with zero attached hydrogens (tertiary/aromatic N) is 3. The Morgan fingerprint density at radius 3 is 2.77 bits per heavy atom. The molecule has 0 spiro atoms. The first kappa shape index (κ1) is 21.5.